The van der Waals surface area contributed by atoms with Gasteiger partial charge in [-0.1, -0.05) is 41.9 Å². The standard InChI is InChI=1S/C24H18ClIN2O3S/c1-30-20-12-16(11-19(26)22(20)31-14-15-5-3-2-4-6-15)13-21-23(29)28-24(32-21)27-18-9-7-17(25)8-10-18/h2-13H,14H2,1H3,(H,27,28,29)/b21-13-. The molecule has 1 aliphatic heterocycles. The summed E-state index contributed by atoms with van der Waals surface area (Å²) in [6, 6.07) is 20.9. The van der Waals surface area contributed by atoms with E-state index in [0.717, 1.165) is 20.4 Å². The fourth-order valence-corrected chi connectivity index (χ4v) is 4.71. The van der Waals surface area contributed by atoms with Gasteiger partial charge in [0.2, 0.25) is 0 Å². The fourth-order valence-electron chi connectivity index (χ4n) is 2.96. The number of halogens is 2. The summed E-state index contributed by atoms with van der Waals surface area (Å²) >= 11 is 9.41. The molecular weight excluding hydrogens is 559 g/mol. The average Bonchev–Trinajstić information content (AvgIpc) is 3.13. The molecule has 0 unspecified atom stereocenters. The lowest BCUT2D eigenvalue weighted by molar-refractivity contribution is -0.115. The van der Waals surface area contributed by atoms with Crippen LogP contribution in [0.5, 0.6) is 11.5 Å². The summed E-state index contributed by atoms with van der Waals surface area (Å²) in [4.78, 5) is 17.5. The molecule has 0 radical (unpaired) electrons. The van der Waals surface area contributed by atoms with Crippen molar-refractivity contribution in [3.8, 4) is 11.5 Å². The number of amides is 1. The highest BCUT2D eigenvalue weighted by atomic mass is 127. The topological polar surface area (TPSA) is 59.9 Å². The van der Waals surface area contributed by atoms with Crippen molar-refractivity contribution in [3.63, 3.8) is 0 Å². The van der Waals surface area contributed by atoms with Crippen LogP contribution in [0.2, 0.25) is 5.02 Å². The van der Waals surface area contributed by atoms with Crippen LogP contribution in [0.3, 0.4) is 0 Å². The number of nitrogens with zero attached hydrogens (tertiary/aromatic N) is 1. The molecule has 162 valence electrons. The SMILES string of the molecule is COc1cc(/C=C2\SC(=Nc3ccc(Cl)cc3)NC2=O)cc(I)c1OCc1ccccc1. The van der Waals surface area contributed by atoms with Crippen LogP contribution in [-0.2, 0) is 11.4 Å². The summed E-state index contributed by atoms with van der Waals surface area (Å²) in [7, 11) is 1.60. The number of thioether (sulfide) groups is 1. The van der Waals surface area contributed by atoms with Gasteiger partial charge in [-0.3, -0.25) is 4.79 Å². The van der Waals surface area contributed by atoms with E-state index in [9.17, 15) is 4.79 Å². The number of hydrogen-bond donors (Lipinski definition) is 1. The second-order valence-electron chi connectivity index (χ2n) is 6.77. The van der Waals surface area contributed by atoms with Crippen molar-refractivity contribution < 1.29 is 14.3 Å². The number of nitrogens with one attached hydrogen (secondary N) is 1. The molecule has 1 amide bonds. The van der Waals surface area contributed by atoms with Gasteiger partial charge in [-0.25, -0.2) is 4.99 Å². The molecule has 3 aromatic carbocycles. The molecule has 0 aliphatic carbocycles. The van der Waals surface area contributed by atoms with Gasteiger partial charge in [0.25, 0.3) is 5.91 Å². The third-order valence-electron chi connectivity index (χ3n) is 4.48. The van der Waals surface area contributed by atoms with E-state index >= 15 is 0 Å². The minimum Gasteiger partial charge on any atom is -0.493 e. The first-order valence-electron chi connectivity index (χ1n) is 9.61. The molecular formula is C24H18ClIN2O3S. The zero-order valence-corrected chi connectivity index (χ0v) is 20.7. The van der Waals surface area contributed by atoms with Crippen LogP contribution in [0.15, 0.2) is 76.6 Å². The van der Waals surface area contributed by atoms with Crippen LogP contribution in [0.4, 0.5) is 5.69 Å². The second kappa shape index (κ2) is 10.4. The average molecular weight is 577 g/mol. The molecule has 0 bridgehead atoms. The van der Waals surface area contributed by atoms with Gasteiger partial charge in [0.1, 0.15) is 6.61 Å². The van der Waals surface area contributed by atoms with Crippen LogP contribution < -0.4 is 14.8 Å². The van der Waals surface area contributed by atoms with Gasteiger partial charge in [0.15, 0.2) is 16.7 Å². The molecule has 0 aromatic heterocycles. The Morgan fingerprint density at radius 1 is 1.12 bits per heavy atom. The van der Waals surface area contributed by atoms with Crippen molar-refractivity contribution in [1.29, 1.82) is 0 Å². The molecule has 0 atom stereocenters. The molecule has 1 fully saturated rings. The number of carbonyl (C=O) groups excluding carboxylic acids is 1. The van der Waals surface area contributed by atoms with E-state index in [0.29, 0.717) is 33.2 Å². The van der Waals surface area contributed by atoms with Crippen molar-refractivity contribution >= 4 is 68.8 Å². The van der Waals surface area contributed by atoms with Gasteiger partial charge in [-0.05, 0) is 88.0 Å². The number of methoxy groups -OCH3 is 1. The Morgan fingerprint density at radius 3 is 2.59 bits per heavy atom. The first-order valence-corrected chi connectivity index (χ1v) is 11.9. The van der Waals surface area contributed by atoms with E-state index in [2.05, 4.69) is 32.9 Å². The monoisotopic (exact) mass is 576 g/mol. The number of benzene rings is 3. The number of amidine groups is 1. The lowest BCUT2D eigenvalue weighted by atomic mass is 10.2. The van der Waals surface area contributed by atoms with Crippen LogP contribution in [0.1, 0.15) is 11.1 Å². The zero-order valence-electron chi connectivity index (χ0n) is 17.0. The van der Waals surface area contributed by atoms with Crippen molar-refractivity contribution in [2.45, 2.75) is 6.61 Å². The van der Waals surface area contributed by atoms with E-state index in [-0.39, 0.29) is 5.91 Å². The largest absolute Gasteiger partial charge is 0.493 e. The van der Waals surface area contributed by atoms with E-state index < -0.39 is 0 Å². The smallest absolute Gasteiger partial charge is 0.264 e. The van der Waals surface area contributed by atoms with Crippen LogP contribution in [0.25, 0.3) is 6.08 Å². The molecule has 8 heteroatoms. The Hall–Kier alpha value is -2.49. The van der Waals surface area contributed by atoms with Crippen molar-refractivity contribution in [1.82, 2.24) is 5.32 Å². The highest BCUT2D eigenvalue weighted by Gasteiger charge is 2.24. The van der Waals surface area contributed by atoms with Gasteiger partial charge in [-0.2, -0.15) is 0 Å². The minimum atomic E-state index is -0.193. The molecule has 1 N–H and O–H groups in total. The third-order valence-corrected chi connectivity index (χ3v) is 6.45. The minimum absolute atomic E-state index is 0.193. The number of aliphatic imine (C=N–C) groups is 1. The third kappa shape index (κ3) is 5.65. The highest BCUT2D eigenvalue weighted by Crippen LogP contribution is 2.36. The normalized spacial score (nSPS) is 15.8. The number of carbonyl (C=O) groups is 1. The number of ether oxygens (including phenoxy) is 2. The summed E-state index contributed by atoms with van der Waals surface area (Å²) in [6.45, 7) is 0.441. The first-order chi connectivity index (χ1) is 15.5. The predicted molar refractivity (Wildman–Crippen MR) is 139 cm³/mol. The van der Waals surface area contributed by atoms with Gasteiger partial charge < -0.3 is 14.8 Å². The van der Waals surface area contributed by atoms with Gasteiger partial charge in [0.05, 0.1) is 21.3 Å². The van der Waals surface area contributed by atoms with E-state index in [1.807, 2.05) is 48.5 Å². The summed E-state index contributed by atoms with van der Waals surface area (Å²) in [5, 5.41) is 3.95. The molecule has 1 aliphatic rings. The molecule has 32 heavy (non-hydrogen) atoms. The van der Waals surface area contributed by atoms with Gasteiger partial charge in [-0.15, -0.1) is 0 Å². The Labute approximate surface area is 209 Å². The fraction of sp³-hybridized carbons (Fsp3) is 0.0833. The maximum absolute atomic E-state index is 12.4. The number of rotatable bonds is 6. The second-order valence-corrected chi connectivity index (χ2v) is 9.40. The molecule has 5 nitrogen and oxygen atoms in total. The van der Waals surface area contributed by atoms with Crippen LogP contribution in [0, 0.1) is 3.57 Å². The lowest BCUT2D eigenvalue weighted by Crippen LogP contribution is -2.19. The molecule has 1 heterocycles. The predicted octanol–water partition coefficient (Wildman–Crippen LogP) is 6.42. The first kappa shape index (κ1) is 22.7. The molecule has 1 saturated heterocycles. The zero-order chi connectivity index (χ0) is 22.5. The summed E-state index contributed by atoms with van der Waals surface area (Å²) in [5.41, 5.74) is 2.63. The van der Waals surface area contributed by atoms with Gasteiger partial charge in [0, 0.05) is 5.02 Å². The summed E-state index contributed by atoms with van der Waals surface area (Å²) in [6.07, 6.45) is 1.82. The quantitative estimate of drug-likeness (QED) is 0.272. The Kier molecular flexibility index (Phi) is 7.39. The molecule has 0 saturated carbocycles. The van der Waals surface area contributed by atoms with Crippen LogP contribution >= 0.6 is 46.0 Å². The lowest BCUT2D eigenvalue weighted by Gasteiger charge is -2.14. The van der Waals surface area contributed by atoms with E-state index in [1.54, 1.807) is 31.4 Å². The summed E-state index contributed by atoms with van der Waals surface area (Å²) in [5.74, 6) is 1.09. The molecule has 0 spiro atoms. The maximum atomic E-state index is 12.4. The molecule has 3 aromatic rings. The molecule has 4 rings (SSSR count). The Balaban J connectivity index is 1.53. The van der Waals surface area contributed by atoms with E-state index in [1.165, 1.54) is 11.8 Å². The Morgan fingerprint density at radius 2 is 1.88 bits per heavy atom. The highest BCUT2D eigenvalue weighted by molar-refractivity contribution is 14.1. The Bertz CT molecular complexity index is 1200. The maximum Gasteiger partial charge on any atom is 0.264 e. The van der Waals surface area contributed by atoms with Crippen molar-refractivity contribution in [2.24, 2.45) is 4.99 Å². The number of hydrogen-bond acceptors (Lipinski definition) is 5. The van der Waals surface area contributed by atoms with Crippen LogP contribution in [-0.4, -0.2) is 18.2 Å². The van der Waals surface area contributed by atoms with Crippen molar-refractivity contribution in [2.75, 3.05) is 7.11 Å². The van der Waals surface area contributed by atoms with E-state index in [4.69, 9.17) is 21.1 Å². The summed E-state index contributed by atoms with van der Waals surface area (Å²) < 4.78 is 12.5. The van der Waals surface area contributed by atoms with Gasteiger partial charge >= 0.3 is 0 Å². The van der Waals surface area contributed by atoms with Crippen molar-refractivity contribution in [3.05, 3.63) is 91.4 Å².